The molecule has 1 atom stereocenters. The van der Waals surface area contributed by atoms with Gasteiger partial charge in [0.15, 0.2) is 0 Å². The second-order valence-corrected chi connectivity index (χ2v) is 7.02. The summed E-state index contributed by atoms with van der Waals surface area (Å²) in [7, 11) is 0. The first-order valence-electron chi connectivity index (χ1n) is 8.89. The molecule has 2 amide bonds. The van der Waals surface area contributed by atoms with Gasteiger partial charge in [0.05, 0.1) is 0 Å². The van der Waals surface area contributed by atoms with Crippen LogP contribution in [0.15, 0.2) is 48.5 Å². The molecule has 1 saturated heterocycles. The van der Waals surface area contributed by atoms with Crippen LogP contribution >= 0.6 is 0 Å². The van der Waals surface area contributed by atoms with Crippen molar-refractivity contribution in [3.63, 3.8) is 0 Å². The maximum absolute atomic E-state index is 13.4. The highest BCUT2D eigenvalue weighted by Crippen LogP contribution is 2.27. The molecule has 1 aliphatic heterocycles. The molecule has 0 bridgehead atoms. The molecule has 1 aliphatic rings. The van der Waals surface area contributed by atoms with Crippen molar-refractivity contribution in [3.8, 4) is 0 Å². The van der Waals surface area contributed by atoms with Gasteiger partial charge in [0.25, 0.3) is 0 Å². The molecule has 5 heteroatoms. The van der Waals surface area contributed by atoms with Crippen LogP contribution in [0.2, 0.25) is 0 Å². The molecule has 1 fully saturated rings. The Labute approximate surface area is 153 Å². The van der Waals surface area contributed by atoms with Crippen molar-refractivity contribution < 1.29 is 14.0 Å². The lowest BCUT2D eigenvalue weighted by Crippen LogP contribution is -2.38. The number of nitrogens with one attached hydrogen (secondary N) is 1. The zero-order valence-electron chi connectivity index (χ0n) is 15.0. The highest BCUT2D eigenvalue weighted by atomic mass is 19.1. The Morgan fingerprint density at radius 2 is 1.88 bits per heavy atom. The van der Waals surface area contributed by atoms with Gasteiger partial charge in [-0.25, -0.2) is 4.39 Å². The summed E-state index contributed by atoms with van der Waals surface area (Å²) < 4.78 is 13.4. The van der Waals surface area contributed by atoms with E-state index in [1.54, 1.807) is 18.2 Å². The van der Waals surface area contributed by atoms with Gasteiger partial charge < -0.3 is 10.2 Å². The zero-order chi connectivity index (χ0) is 18.7. The van der Waals surface area contributed by atoms with E-state index >= 15 is 0 Å². The van der Waals surface area contributed by atoms with Crippen LogP contribution in [0.25, 0.3) is 0 Å². The standard InChI is InChI=1S/C21H23FN2O2/c1-14(2)15-6-8-19(9-7-15)23-20(25)21(26)24-11-10-17(13-24)16-4-3-5-18(22)12-16/h3-9,12,14,17H,10-11,13H2,1-2H3,(H,23,25). The third-order valence-corrected chi connectivity index (χ3v) is 4.83. The van der Waals surface area contributed by atoms with Crippen molar-refractivity contribution in [2.75, 3.05) is 18.4 Å². The zero-order valence-corrected chi connectivity index (χ0v) is 15.0. The van der Waals surface area contributed by atoms with Crippen molar-refractivity contribution in [1.82, 2.24) is 4.90 Å². The minimum atomic E-state index is -0.637. The summed E-state index contributed by atoms with van der Waals surface area (Å²) in [5.74, 6) is -0.993. The molecule has 2 aromatic rings. The first-order valence-corrected chi connectivity index (χ1v) is 8.89. The van der Waals surface area contributed by atoms with Gasteiger partial charge in [0.1, 0.15) is 5.82 Å². The van der Waals surface area contributed by atoms with Crippen LogP contribution in [-0.2, 0) is 9.59 Å². The van der Waals surface area contributed by atoms with Crippen LogP contribution in [0.4, 0.5) is 10.1 Å². The van der Waals surface area contributed by atoms with Crippen molar-refractivity contribution in [1.29, 1.82) is 0 Å². The molecule has 1 heterocycles. The Bertz CT molecular complexity index is 802. The number of halogens is 1. The fraction of sp³-hybridized carbons (Fsp3) is 0.333. The Hall–Kier alpha value is -2.69. The van der Waals surface area contributed by atoms with Crippen LogP contribution < -0.4 is 5.32 Å². The van der Waals surface area contributed by atoms with Gasteiger partial charge in [-0.3, -0.25) is 9.59 Å². The highest BCUT2D eigenvalue weighted by Gasteiger charge is 2.31. The maximum atomic E-state index is 13.4. The van der Waals surface area contributed by atoms with Crippen molar-refractivity contribution in [2.24, 2.45) is 0 Å². The van der Waals surface area contributed by atoms with E-state index in [0.717, 1.165) is 12.0 Å². The summed E-state index contributed by atoms with van der Waals surface area (Å²) in [6.07, 6.45) is 0.728. The molecule has 0 aliphatic carbocycles. The van der Waals surface area contributed by atoms with Crippen LogP contribution in [0.3, 0.4) is 0 Å². The molecule has 3 rings (SSSR count). The Kier molecular flexibility index (Phi) is 5.35. The van der Waals surface area contributed by atoms with E-state index in [2.05, 4.69) is 19.2 Å². The van der Waals surface area contributed by atoms with E-state index < -0.39 is 11.8 Å². The molecule has 2 aromatic carbocycles. The number of anilines is 1. The average molecular weight is 354 g/mol. The lowest BCUT2D eigenvalue weighted by molar-refractivity contribution is -0.142. The fourth-order valence-corrected chi connectivity index (χ4v) is 3.26. The third-order valence-electron chi connectivity index (χ3n) is 4.83. The molecular weight excluding hydrogens is 331 g/mol. The second-order valence-electron chi connectivity index (χ2n) is 7.02. The van der Waals surface area contributed by atoms with E-state index in [4.69, 9.17) is 0 Å². The lowest BCUT2D eigenvalue weighted by Gasteiger charge is -2.16. The number of carbonyl (C=O) groups is 2. The molecule has 0 saturated carbocycles. The Morgan fingerprint density at radius 1 is 1.15 bits per heavy atom. The summed E-state index contributed by atoms with van der Waals surface area (Å²) >= 11 is 0. The predicted octanol–water partition coefficient (Wildman–Crippen LogP) is 3.90. The summed E-state index contributed by atoms with van der Waals surface area (Å²) in [6.45, 7) is 5.13. The minimum Gasteiger partial charge on any atom is -0.334 e. The molecule has 1 unspecified atom stereocenters. The fourth-order valence-electron chi connectivity index (χ4n) is 3.26. The molecule has 26 heavy (non-hydrogen) atoms. The lowest BCUT2D eigenvalue weighted by atomic mass is 9.98. The number of benzene rings is 2. The first-order chi connectivity index (χ1) is 12.4. The summed E-state index contributed by atoms with van der Waals surface area (Å²) in [5, 5.41) is 2.66. The second kappa shape index (κ2) is 7.68. The van der Waals surface area contributed by atoms with Crippen molar-refractivity contribution in [3.05, 3.63) is 65.5 Å². The number of likely N-dealkylation sites (tertiary alicyclic amines) is 1. The average Bonchev–Trinajstić information content (AvgIpc) is 3.11. The monoisotopic (exact) mass is 354 g/mol. The SMILES string of the molecule is CC(C)c1ccc(NC(=O)C(=O)N2CCC(c3cccc(F)c3)C2)cc1. The molecule has 1 N–H and O–H groups in total. The molecule has 0 aromatic heterocycles. The third kappa shape index (κ3) is 4.10. The topological polar surface area (TPSA) is 49.4 Å². The van der Waals surface area contributed by atoms with Crippen molar-refractivity contribution >= 4 is 17.5 Å². The van der Waals surface area contributed by atoms with E-state index in [1.165, 1.54) is 22.6 Å². The summed E-state index contributed by atoms with van der Waals surface area (Å²) in [5.41, 5.74) is 2.64. The van der Waals surface area contributed by atoms with E-state index in [-0.39, 0.29) is 11.7 Å². The summed E-state index contributed by atoms with van der Waals surface area (Å²) in [6, 6.07) is 13.9. The largest absolute Gasteiger partial charge is 0.334 e. The van der Waals surface area contributed by atoms with Gasteiger partial charge in [0.2, 0.25) is 0 Å². The normalized spacial score (nSPS) is 16.8. The van der Waals surface area contributed by atoms with Gasteiger partial charge >= 0.3 is 11.8 Å². The number of carbonyl (C=O) groups excluding carboxylic acids is 2. The smallest absolute Gasteiger partial charge is 0.313 e. The molecular formula is C21H23FN2O2. The van der Waals surface area contributed by atoms with Crippen LogP contribution in [0.5, 0.6) is 0 Å². The molecule has 0 spiro atoms. The van der Waals surface area contributed by atoms with E-state index in [9.17, 15) is 14.0 Å². The van der Waals surface area contributed by atoms with Crippen molar-refractivity contribution in [2.45, 2.75) is 32.1 Å². The van der Waals surface area contributed by atoms with Gasteiger partial charge in [-0.15, -0.1) is 0 Å². The minimum absolute atomic E-state index is 0.0628. The van der Waals surface area contributed by atoms with Crippen LogP contribution in [0.1, 0.15) is 43.2 Å². The van der Waals surface area contributed by atoms with Gasteiger partial charge in [-0.1, -0.05) is 38.1 Å². The van der Waals surface area contributed by atoms with Crippen LogP contribution in [-0.4, -0.2) is 29.8 Å². The number of hydrogen-bond acceptors (Lipinski definition) is 2. The van der Waals surface area contributed by atoms with Crippen LogP contribution in [0, 0.1) is 5.82 Å². The molecule has 4 nitrogen and oxygen atoms in total. The Morgan fingerprint density at radius 3 is 2.54 bits per heavy atom. The quantitative estimate of drug-likeness (QED) is 0.850. The molecule has 136 valence electrons. The Balaban J connectivity index is 1.59. The first kappa shape index (κ1) is 18.1. The number of hydrogen-bond donors (Lipinski definition) is 1. The van der Waals surface area contributed by atoms with Gasteiger partial charge in [0, 0.05) is 24.7 Å². The maximum Gasteiger partial charge on any atom is 0.313 e. The number of nitrogens with zero attached hydrogens (tertiary/aromatic N) is 1. The van der Waals surface area contributed by atoms with E-state index in [0.29, 0.717) is 24.7 Å². The summed E-state index contributed by atoms with van der Waals surface area (Å²) in [4.78, 5) is 26.2. The predicted molar refractivity (Wildman–Crippen MR) is 99.5 cm³/mol. The van der Waals surface area contributed by atoms with Gasteiger partial charge in [-0.05, 0) is 47.7 Å². The van der Waals surface area contributed by atoms with E-state index in [1.807, 2.05) is 18.2 Å². The molecule has 0 radical (unpaired) electrons. The highest BCUT2D eigenvalue weighted by molar-refractivity contribution is 6.39. The number of amides is 2. The van der Waals surface area contributed by atoms with Gasteiger partial charge in [-0.2, -0.15) is 0 Å². The number of rotatable bonds is 3.